The molecule has 3 N–H and O–H groups in total. The van der Waals surface area contributed by atoms with Crippen molar-refractivity contribution in [3.63, 3.8) is 0 Å². The van der Waals surface area contributed by atoms with Gasteiger partial charge in [-0.2, -0.15) is 8.78 Å². The number of hydrogen-bond donors (Lipinski definition) is 3. The molecule has 0 aliphatic carbocycles. The number of benzene rings is 1. The number of alkyl halides is 2. The number of hydrogen-bond acceptors (Lipinski definition) is 4. The summed E-state index contributed by atoms with van der Waals surface area (Å²) in [6.45, 7) is -0.936. The van der Waals surface area contributed by atoms with Gasteiger partial charge in [-0.1, -0.05) is 6.07 Å². The van der Waals surface area contributed by atoms with Gasteiger partial charge in [-0.05, 0) is 31.0 Å². The Morgan fingerprint density at radius 2 is 2.25 bits per heavy atom. The van der Waals surface area contributed by atoms with Gasteiger partial charge < -0.3 is 25.4 Å². The van der Waals surface area contributed by atoms with Crippen molar-refractivity contribution in [2.75, 3.05) is 25.1 Å². The Balaban J connectivity index is 1.79. The van der Waals surface area contributed by atoms with Crippen molar-refractivity contribution in [1.29, 1.82) is 0 Å². The second-order valence-corrected chi connectivity index (χ2v) is 5.20. The molecule has 24 heavy (non-hydrogen) atoms. The Labute approximate surface area is 137 Å². The van der Waals surface area contributed by atoms with Crippen LogP contribution in [0.15, 0.2) is 18.2 Å². The molecule has 0 saturated carbocycles. The van der Waals surface area contributed by atoms with Crippen LogP contribution < -0.4 is 20.7 Å². The molecule has 0 saturated heterocycles. The number of ether oxygens (including phenoxy) is 2. The molecule has 9 heteroatoms. The van der Waals surface area contributed by atoms with E-state index < -0.39 is 12.6 Å². The van der Waals surface area contributed by atoms with Crippen LogP contribution in [0.1, 0.15) is 24.9 Å². The molecule has 1 atom stereocenters. The van der Waals surface area contributed by atoms with Gasteiger partial charge in [0.05, 0.1) is 18.3 Å². The van der Waals surface area contributed by atoms with E-state index in [0.717, 1.165) is 5.56 Å². The molecular formula is C15H19F2N3O4. The molecule has 1 aliphatic heterocycles. The molecule has 0 aromatic heterocycles. The molecule has 2 rings (SSSR count). The zero-order valence-corrected chi connectivity index (χ0v) is 13.1. The van der Waals surface area contributed by atoms with Crippen molar-refractivity contribution >= 4 is 17.6 Å². The molecular weight excluding hydrogens is 324 g/mol. The number of carbonyl (C=O) groups is 2. The summed E-state index contributed by atoms with van der Waals surface area (Å²) in [7, 11) is 0. The van der Waals surface area contributed by atoms with Gasteiger partial charge in [0.2, 0.25) is 0 Å². The standard InChI is InChI=1S/C15H19F2N3O4/c1-9(19-15(22)18-5-2-6-23-14(16)17)10-3-4-12-11(7-10)20-13(21)8-24-12/h3-4,7,9,14H,2,5-6,8H2,1H3,(H,20,21)(H2,18,19,22)/t9-/m0/s1. The Morgan fingerprint density at radius 3 is 3.00 bits per heavy atom. The van der Waals surface area contributed by atoms with E-state index in [9.17, 15) is 18.4 Å². The Hall–Kier alpha value is -2.42. The summed E-state index contributed by atoms with van der Waals surface area (Å²) in [6.07, 6.45) is 0.286. The molecule has 0 fully saturated rings. The maximum atomic E-state index is 11.8. The highest BCUT2D eigenvalue weighted by atomic mass is 19.3. The first-order valence-corrected chi connectivity index (χ1v) is 7.46. The molecule has 7 nitrogen and oxygen atoms in total. The fourth-order valence-electron chi connectivity index (χ4n) is 2.15. The van der Waals surface area contributed by atoms with Gasteiger partial charge in [0.15, 0.2) is 6.61 Å². The quantitative estimate of drug-likeness (QED) is 0.661. The van der Waals surface area contributed by atoms with E-state index in [1.807, 2.05) is 0 Å². The Morgan fingerprint density at radius 1 is 1.46 bits per heavy atom. The van der Waals surface area contributed by atoms with Crippen LogP contribution in [0.4, 0.5) is 19.3 Å². The van der Waals surface area contributed by atoms with Crippen LogP contribution in [0.5, 0.6) is 5.75 Å². The third-order valence-corrected chi connectivity index (χ3v) is 3.33. The number of urea groups is 1. The molecule has 0 unspecified atom stereocenters. The summed E-state index contributed by atoms with van der Waals surface area (Å²) in [5.41, 5.74) is 1.35. The predicted octanol–water partition coefficient (Wildman–Crippen LogP) is 2.01. The number of halogens is 2. The number of fused-ring (bicyclic) bond motifs is 1. The van der Waals surface area contributed by atoms with Crippen LogP contribution >= 0.6 is 0 Å². The van der Waals surface area contributed by atoms with Crippen LogP contribution in [0.2, 0.25) is 0 Å². The highest BCUT2D eigenvalue weighted by Gasteiger charge is 2.18. The van der Waals surface area contributed by atoms with E-state index >= 15 is 0 Å². The molecule has 3 amide bonds. The number of anilines is 1. The maximum absolute atomic E-state index is 11.8. The molecule has 132 valence electrons. The van der Waals surface area contributed by atoms with Gasteiger partial charge in [0.1, 0.15) is 5.75 Å². The van der Waals surface area contributed by atoms with Crippen LogP contribution in [0.3, 0.4) is 0 Å². The number of nitrogens with one attached hydrogen (secondary N) is 3. The smallest absolute Gasteiger partial charge is 0.345 e. The molecule has 1 aromatic carbocycles. The zero-order chi connectivity index (χ0) is 17.5. The van der Waals surface area contributed by atoms with Crippen LogP contribution in [-0.2, 0) is 9.53 Å². The van der Waals surface area contributed by atoms with E-state index in [-0.39, 0.29) is 38.1 Å². The molecule has 1 aliphatic rings. The first kappa shape index (κ1) is 17.9. The average Bonchev–Trinajstić information content (AvgIpc) is 2.53. The number of carbonyl (C=O) groups excluding carboxylic acids is 2. The lowest BCUT2D eigenvalue weighted by molar-refractivity contribution is -0.128. The minimum absolute atomic E-state index is 0.0160. The van der Waals surface area contributed by atoms with Crippen molar-refractivity contribution in [3.05, 3.63) is 23.8 Å². The van der Waals surface area contributed by atoms with Gasteiger partial charge in [-0.3, -0.25) is 4.79 Å². The molecule has 0 bridgehead atoms. The average molecular weight is 343 g/mol. The summed E-state index contributed by atoms with van der Waals surface area (Å²) in [5.74, 6) is 0.345. The van der Waals surface area contributed by atoms with Gasteiger partial charge >= 0.3 is 12.6 Å². The molecule has 1 heterocycles. The lowest BCUT2D eigenvalue weighted by Gasteiger charge is -2.21. The van der Waals surface area contributed by atoms with E-state index in [1.54, 1.807) is 25.1 Å². The summed E-state index contributed by atoms with van der Waals surface area (Å²) < 4.78 is 32.9. The number of amides is 3. The zero-order valence-electron chi connectivity index (χ0n) is 13.1. The summed E-state index contributed by atoms with van der Waals surface area (Å²) in [5, 5.41) is 7.98. The highest BCUT2D eigenvalue weighted by molar-refractivity contribution is 5.95. The van der Waals surface area contributed by atoms with Gasteiger partial charge in [-0.15, -0.1) is 0 Å². The minimum atomic E-state index is -2.80. The van der Waals surface area contributed by atoms with Crippen LogP contribution in [-0.4, -0.2) is 38.3 Å². The topological polar surface area (TPSA) is 88.7 Å². The Kier molecular flexibility index (Phi) is 6.30. The lowest BCUT2D eigenvalue weighted by atomic mass is 10.1. The van der Waals surface area contributed by atoms with Crippen molar-refractivity contribution < 1.29 is 27.8 Å². The van der Waals surface area contributed by atoms with Crippen LogP contribution in [0, 0.1) is 0 Å². The number of rotatable bonds is 7. The van der Waals surface area contributed by atoms with Crippen molar-refractivity contribution in [3.8, 4) is 5.75 Å². The Bertz CT molecular complexity index is 598. The van der Waals surface area contributed by atoms with Crippen molar-refractivity contribution in [2.24, 2.45) is 0 Å². The van der Waals surface area contributed by atoms with E-state index in [4.69, 9.17) is 4.74 Å². The largest absolute Gasteiger partial charge is 0.482 e. The van der Waals surface area contributed by atoms with Gasteiger partial charge in [0.25, 0.3) is 5.91 Å². The van der Waals surface area contributed by atoms with E-state index in [0.29, 0.717) is 11.4 Å². The molecule has 1 aromatic rings. The molecule has 0 radical (unpaired) electrons. The lowest BCUT2D eigenvalue weighted by Crippen LogP contribution is -2.37. The highest BCUT2D eigenvalue weighted by Crippen LogP contribution is 2.30. The molecule has 0 spiro atoms. The van der Waals surface area contributed by atoms with Gasteiger partial charge in [0, 0.05) is 6.54 Å². The third-order valence-electron chi connectivity index (χ3n) is 3.33. The predicted molar refractivity (Wildman–Crippen MR) is 82.1 cm³/mol. The first-order chi connectivity index (χ1) is 11.5. The second-order valence-electron chi connectivity index (χ2n) is 5.20. The monoisotopic (exact) mass is 343 g/mol. The van der Waals surface area contributed by atoms with Crippen molar-refractivity contribution in [1.82, 2.24) is 10.6 Å². The fraction of sp³-hybridized carbons (Fsp3) is 0.467. The minimum Gasteiger partial charge on any atom is -0.482 e. The fourth-order valence-corrected chi connectivity index (χ4v) is 2.15. The first-order valence-electron chi connectivity index (χ1n) is 7.46. The third kappa shape index (κ3) is 5.34. The summed E-state index contributed by atoms with van der Waals surface area (Å²) in [4.78, 5) is 23.1. The second kappa shape index (κ2) is 8.44. The summed E-state index contributed by atoms with van der Waals surface area (Å²) in [6, 6.07) is 4.51. The van der Waals surface area contributed by atoms with E-state index in [2.05, 4.69) is 20.7 Å². The van der Waals surface area contributed by atoms with Crippen LogP contribution in [0.25, 0.3) is 0 Å². The van der Waals surface area contributed by atoms with Gasteiger partial charge in [-0.25, -0.2) is 4.79 Å². The SMILES string of the molecule is C[C@H](NC(=O)NCCCOC(F)F)c1ccc2c(c1)NC(=O)CO2. The maximum Gasteiger partial charge on any atom is 0.345 e. The summed E-state index contributed by atoms with van der Waals surface area (Å²) >= 11 is 0. The normalized spacial score (nSPS) is 14.4. The van der Waals surface area contributed by atoms with E-state index in [1.165, 1.54) is 0 Å². The van der Waals surface area contributed by atoms with Crippen molar-refractivity contribution in [2.45, 2.75) is 26.0 Å².